The Morgan fingerprint density at radius 3 is 2.71 bits per heavy atom. The van der Waals surface area contributed by atoms with Crippen LogP contribution in [0.25, 0.3) is 0 Å². The number of nitrogens with one attached hydrogen (secondary N) is 1. The van der Waals surface area contributed by atoms with Gasteiger partial charge in [-0.2, -0.15) is 0 Å². The summed E-state index contributed by atoms with van der Waals surface area (Å²) < 4.78 is 15.0. The molecular weight excluding hydrogens is 307 g/mol. The zero-order chi connectivity index (χ0) is 17.1. The Morgan fingerprint density at radius 1 is 1.38 bits per heavy atom. The maximum absolute atomic E-state index is 13.0. The molecule has 1 aromatic heterocycles. The smallest absolute Gasteiger partial charge is 0.318 e. The number of amides is 2. The van der Waals surface area contributed by atoms with Crippen molar-refractivity contribution in [3.05, 3.63) is 53.9 Å². The van der Waals surface area contributed by atoms with Gasteiger partial charge in [0.15, 0.2) is 0 Å². The predicted octanol–water partition coefficient (Wildman–Crippen LogP) is 3.15. The van der Waals surface area contributed by atoms with E-state index in [1.165, 1.54) is 12.1 Å². The second kappa shape index (κ2) is 7.03. The molecule has 24 heavy (non-hydrogen) atoms. The fourth-order valence-electron chi connectivity index (χ4n) is 2.66. The summed E-state index contributed by atoms with van der Waals surface area (Å²) in [4.78, 5) is 18.7. The second-order valence-electron chi connectivity index (χ2n) is 6.56. The molecule has 6 heteroatoms. The number of nitrogens with zero attached hydrogens (tertiary/aromatic N) is 3. The molecule has 0 bridgehead atoms. The molecule has 0 atom stereocenters. The van der Waals surface area contributed by atoms with E-state index < -0.39 is 0 Å². The fourth-order valence-corrected chi connectivity index (χ4v) is 2.66. The second-order valence-corrected chi connectivity index (χ2v) is 6.56. The zero-order valence-corrected chi connectivity index (χ0v) is 14.1. The van der Waals surface area contributed by atoms with Crippen molar-refractivity contribution in [1.29, 1.82) is 0 Å². The molecule has 1 aliphatic carbocycles. The monoisotopic (exact) mass is 330 g/mol. The number of carbonyl (C=O) groups is 1. The lowest BCUT2D eigenvalue weighted by Crippen LogP contribution is -2.44. The van der Waals surface area contributed by atoms with Crippen molar-refractivity contribution in [1.82, 2.24) is 19.8 Å². The molecule has 1 fully saturated rings. The molecule has 1 aromatic carbocycles. The Hall–Kier alpha value is -2.37. The van der Waals surface area contributed by atoms with E-state index in [0.29, 0.717) is 19.1 Å². The summed E-state index contributed by atoms with van der Waals surface area (Å²) in [5, 5.41) is 2.96. The quantitative estimate of drug-likeness (QED) is 0.884. The van der Waals surface area contributed by atoms with Crippen LogP contribution in [0.15, 0.2) is 36.7 Å². The van der Waals surface area contributed by atoms with Gasteiger partial charge in [-0.1, -0.05) is 12.1 Å². The van der Waals surface area contributed by atoms with E-state index >= 15 is 0 Å². The highest BCUT2D eigenvalue weighted by Crippen LogP contribution is 2.28. The number of benzene rings is 1. The van der Waals surface area contributed by atoms with E-state index in [2.05, 4.69) is 10.3 Å². The Morgan fingerprint density at radius 2 is 2.08 bits per heavy atom. The standard InChI is InChI=1S/C18H23FN4O/c1-13(2)21-18(24)23(16-7-8-16)12-17-20-9-10-22(17)11-14-3-5-15(19)6-4-14/h3-6,9-10,13,16H,7-8,11-12H2,1-2H3,(H,21,24). The van der Waals surface area contributed by atoms with Crippen molar-refractivity contribution in [3.8, 4) is 0 Å². The van der Waals surface area contributed by atoms with Crippen molar-refractivity contribution in [2.24, 2.45) is 0 Å². The number of aromatic nitrogens is 2. The maximum atomic E-state index is 13.0. The number of urea groups is 1. The van der Waals surface area contributed by atoms with Gasteiger partial charge in [0, 0.05) is 31.0 Å². The van der Waals surface area contributed by atoms with Crippen LogP contribution < -0.4 is 5.32 Å². The molecule has 0 radical (unpaired) electrons. The molecule has 2 aromatic rings. The van der Waals surface area contributed by atoms with E-state index in [0.717, 1.165) is 24.2 Å². The van der Waals surface area contributed by atoms with Gasteiger partial charge in [-0.15, -0.1) is 0 Å². The van der Waals surface area contributed by atoms with Gasteiger partial charge < -0.3 is 14.8 Å². The number of imidazole rings is 1. The molecule has 0 aliphatic heterocycles. The lowest BCUT2D eigenvalue weighted by Gasteiger charge is -2.24. The SMILES string of the molecule is CC(C)NC(=O)N(Cc1nccn1Cc1ccc(F)cc1)C1CC1. The van der Waals surface area contributed by atoms with Crippen molar-refractivity contribution in [3.63, 3.8) is 0 Å². The third kappa shape index (κ3) is 4.13. The summed E-state index contributed by atoms with van der Waals surface area (Å²) in [6.45, 7) is 5.01. The first kappa shape index (κ1) is 16.5. The van der Waals surface area contributed by atoms with Crippen molar-refractivity contribution in [2.75, 3.05) is 0 Å². The molecule has 1 N–H and O–H groups in total. The molecule has 1 aliphatic rings. The first-order valence-electron chi connectivity index (χ1n) is 8.34. The lowest BCUT2D eigenvalue weighted by atomic mass is 10.2. The van der Waals surface area contributed by atoms with E-state index in [1.807, 2.05) is 29.5 Å². The van der Waals surface area contributed by atoms with Crippen LogP contribution in [0.5, 0.6) is 0 Å². The van der Waals surface area contributed by atoms with Crippen LogP contribution in [0, 0.1) is 5.82 Å². The normalized spacial score (nSPS) is 14.0. The minimum atomic E-state index is -0.241. The minimum Gasteiger partial charge on any atom is -0.336 e. The molecule has 0 spiro atoms. The summed E-state index contributed by atoms with van der Waals surface area (Å²) >= 11 is 0. The molecule has 0 unspecified atom stereocenters. The third-order valence-electron chi connectivity index (χ3n) is 4.04. The van der Waals surface area contributed by atoms with Gasteiger partial charge in [0.1, 0.15) is 11.6 Å². The molecule has 2 amide bonds. The molecule has 5 nitrogen and oxygen atoms in total. The highest BCUT2D eigenvalue weighted by Gasteiger charge is 2.33. The number of hydrogen-bond donors (Lipinski definition) is 1. The lowest BCUT2D eigenvalue weighted by molar-refractivity contribution is 0.187. The topological polar surface area (TPSA) is 50.2 Å². The van der Waals surface area contributed by atoms with Crippen LogP contribution in [-0.2, 0) is 13.1 Å². The van der Waals surface area contributed by atoms with Gasteiger partial charge in [-0.05, 0) is 44.4 Å². The first-order valence-corrected chi connectivity index (χ1v) is 8.34. The van der Waals surface area contributed by atoms with Crippen molar-refractivity contribution in [2.45, 2.75) is 51.9 Å². The Balaban J connectivity index is 1.71. The first-order chi connectivity index (χ1) is 11.5. The summed E-state index contributed by atoms with van der Waals surface area (Å²) in [6, 6.07) is 6.82. The Labute approximate surface area is 141 Å². The van der Waals surface area contributed by atoms with Gasteiger partial charge in [0.05, 0.1) is 6.54 Å². The molecule has 1 heterocycles. The van der Waals surface area contributed by atoms with Crippen molar-refractivity contribution >= 4 is 6.03 Å². The van der Waals surface area contributed by atoms with Crippen LogP contribution >= 0.6 is 0 Å². The Bertz CT molecular complexity index is 691. The summed E-state index contributed by atoms with van der Waals surface area (Å²) in [7, 11) is 0. The molecule has 3 rings (SSSR count). The van der Waals surface area contributed by atoms with Gasteiger partial charge in [-0.25, -0.2) is 14.2 Å². The fraction of sp³-hybridized carbons (Fsp3) is 0.444. The molecule has 0 saturated heterocycles. The van der Waals surface area contributed by atoms with Crippen LogP contribution in [0.4, 0.5) is 9.18 Å². The number of halogens is 1. The average molecular weight is 330 g/mol. The average Bonchev–Trinajstić information content (AvgIpc) is 3.27. The van der Waals surface area contributed by atoms with Gasteiger partial charge in [0.2, 0.25) is 0 Å². The Kier molecular flexibility index (Phi) is 4.83. The summed E-state index contributed by atoms with van der Waals surface area (Å²) in [5.41, 5.74) is 1.00. The van der Waals surface area contributed by atoms with Gasteiger partial charge in [0.25, 0.3) is 0 Å². The van der Waals surface area contributed by atoms with E-state index in [4.69, 9.17) is 0 Å². The van der Waals surface area contributed by atoms with E-state index in [-0.39, 0.29) is 17.9 Å². The predicted molar refractivity (Wildman–Crippen MR) is 90.0 cm³/mol. The number of rotatable bonds is 6. The highest BCUT2D eigenvalue weighted by molar-refractivity contribution is 5.75. The van der Waals surface area contributed by atoms with Crippen LogP contribution in [0.2, 0.25) is 0 Å². The van der Waals surface area contributed by atoms with Crippen LogP contribution in [0.1, 0.15) is 38.1 Å². The van der Waals surface area contributed by atoms with Crippen molar-refractivity contribution < 1.29 is 9.18 Å². The zero-order valence-electron chi connectivity index (χ0n) is 14.1. The van der Waals surface area contributed by atoms with E-state index in [9.17, 15) is 9.18 Å². The van der Waals surface area contributed by atoms with Crippen LogP contribution in [0.3, 0.4) is 0 Å². The maximum Gasteiger partial charge on any atom is 0.318 e. The third-order valence-corrected chi connectivity index (χ3v) is 4.04. The molecule has 128 valence electrons. The highest BCUT2D eigenvalue weighted by atomic mass is 19.1. The molecular formula is C18H23FN4O. The number of hydrogen-bond acceptors (Lipinski definition) is 2. The summed E-state index contributed by atoms with van der Waals surface area (Å²) in [5.74, 6) is 0.597. The van der Waals surface area contributed by atoms with Crippen LogP contribution in [-0.4, -0.2) is 32.6 Å². The summed E-state index contributed by atoms with van der Waals surface area (Å²) in [6.07, 6.45) is 5.72. The number of carbonyl (C=O) groups excluding carboxylic acids is 1. The minimum absolute atomic E-state index is 0.0381. The largest absolute Gasteiger partial charge is 0.336 e. The van der Waals surface area contributed by atoms with Gasteiger partial charge in [-0.3, -0.25) is 0 Å². The van der Waals surface area contributed by atoms with Gasteiger partial charge >= 0.3 is 6.03 Å². The van der Waals surface area contributed by atoms with E-state index in [1.54, 1.807) is 18.3 Å². The molecule has 1 saturated carbocycles.